The number of rotatable bonds is 5. The van der Waals surface area contributed by atoms with E-state index in [0.717, 1.165) is 31.3 Å². The Kier molecular flexibility index (Phi) is 6.93. The summed E-state index contributed by atoms with van der Waals surface area (Å²) in [5.41, 5.74) is 0.863. The van der Waals surface area contributed by atoms with E-state index in [4.69, 9.17) is 0 Å². The lowest BCUT2D eigenvalue weighted by Crippen LogP contribution is -2.57. The zero-order valence-electron chi connectivity index (χ0n) is 17.8. The molecule has 0 radical (unpaired) electrons. The largest absolute Gasteiger partial charge is 0.355 e. The summed E-state index contributed by atoms with van der Waals surface area (Å²) in [7, 11) is 3.66. The van der Waals surface area contributed by atoms with Gasteiger partial charge in [-0.15, -0.1) is 0 Å². The second kappa shape index (κ2) is 9.41. The van der Waals surface area contributed by atoms with Gasteiger partial charge in [0.15, 0.2) is 5.96 Å². The number of piperidine rings is 1. The number of aromatic nitrogens is 2. The molecule has 8 heteroatoms. The first-order chi connectivity index (χ1) is 13.5. The Morgan fingerprint density at radius 1 is 1.32 bits per heavy atom. The van der Waals surface area contributed by atoms with Gasteiger partial charge >= 0.3 is 0 Å². The lowest BCUT2D eigenvalue weighted by atomic mass is 10.0. The third-order valence-corrected chi connectivity index (χ3v) is 5.58. The van der Waals surface area contributed by atoms with Crippen molar-refractivity contribution in [2.45, 2.75) is 39.2 Å². The van der Waals surface area contributed by atoms with Gasteiger partial charge in [-0.3, -0.25) is 19.4 Å². The average molecular weight is 390 g/mol. The van der Waals surface area contributed by atoms with Gasteiger partial charge in [-0.25, -0.2) is 0 Å². The van der Waals surface area contributed by atoms with Crippen LogP contribution in [-0.2, 0) is 11.8 Å². The van der Waals surface area contributed by atoms with Crippen LogP contribution in [0.2, 0.25) is 0 Å². The van der Waals surface area contributed by atoms with Gasteiger partial charge < -0.3 is 15.1 Å². The maximum atomic E-state index is 12.7. The number of aliphatic imine (C=N–C) groups is 1. The molecule has 0 bridgehead atoms. The molecule has 3 heterocycles. The first kappa shape index (κ1) is 20.6. The minimum Gasteiger partial charge on any atom is -0.355 e. The first-order valence-corrected chi connectivity index (χ1v) is 10.5. The van der Waals surface area contributed by atoms with Crippen molar-refractivity contribution in [3.8, 4) is 0 Å². The quantitative estimate of drug-likeness (QED) is 0.604. The van der Waals surface area contributed by atoms with Crippen molar-refractivity contribution in [2.75, 3.05) is 51.2 Å². The zero-order chi connectivity index (χ0) is 20.1. The number of hydrogen-bond acceptors (Lipinski definition) is 4. The van der Waals surface area contributed by atoms with Crippen LogP contribution in [-0.4, -0.2) is 83.8 Å². The summed E-state index contributed by atoms with van der Waals surface area (Å²) in [5, 5.41) is 7.71. The van der Waals surface area contributed by atoms with Crippen molar-refractivity contribution in [1.82, 2.24) is 24.9 Å². The molecule has 3 rings (SSSR count). The topological polar surface area (TPSA) is 69.0 Å². The summed E-state index contributed by atoms with van der Waals surface area (Å²) in [6.45, 7) is 9.54. The minimum absolute atomic E-state index is 0.0845. The zero-order valence-corrected chi connectivity index (χ0v) is 17.8. The van der Waals surface area contributed by atoms with Gasteiger partial charge in [0.25, 0.3) is 0 Å². The highest BCUT2D eigenvalue weighted by Gasteiger charge is 2.29. The summed E-state index contributed by atoms with van der Waals surface area (Å²) >= 11 is 0. The molecule has 1 amide bonds. The number of anilines is 1. The number of carbonyl (C=O) groups is 1. The van der Waals surface area contributed by atoms with Crippen LogP contribution in [0.15, 0.2) is 17.4 Å². The molecule has 2 aliphatic heterocycles. The van der Waals surface area contributed by atoms with Gasteiger partial charge in [0.2, 0.25) is 5.91 Å². The van der Waals surface area contributed by atoms with Crippen molar-refractivity contribution in [1.29, 1.82) is 0 Å². The fraction of sp³-hybridized carbons (Fsp3) is 0.750. The van der Waals surface area contributed by atoms with E-state index in [1.54, 1.807) is 17.9 Å². The number of amides is 1. The van der Waals surface area contributed by atoms with E-state index < -0.39 is 0 Å². The van der Waals surface area contributed by atoms with E-state index in [9.17, 15) is 4.79 Å². The van der Waals surface area contributed by atoms with E-state index in [2.05, 4.69) is 39.1 Å². The van der Waals surface area contributed by atoms with Crippen LogP contribution < -0.4 is 10.2 Å². The fourth-order valence-electron chi connectivity index (χ4n) is 4.22. The third kappa shape index (κ3) is 5.04. The Balaban J connectivity index is 1.55. The minimum atomic E-state index is 0.0845. The van der Waals surface area contributed by atoms with E-state index in [-0.39, 0.29) is 5.91 Å². The predicted molar refractivity (Wildman–Crippen MR) is 113 cm³/mol. The first-order valence-electron chi connectivity index (χ1n) is 10.5. The number of carbonyl (C=O) groups excluding carboxylic acids is 1. The van der Waals surface area contributed by atoms with Crippen LogP contribution in [0.4, 0.5) is 5.69 Å². The Labute approximate surface area is 168 Å². The van der Waals surface area contributed by atoms with Gasteiger partial charge in [-0.2, -0.15) is 5.10 Å². The fourth-order valence-corrected chi connectivity index (χ4v) is 4.22. The number of aryl methyl sites for hydroxylation is 1. The summed E-state index contributed by atoms with van der Waals surface area (Å²) in [6, 6.07) is 0.542. The van der Waals surface area contributed by atoms with Gasteiger partial charge in [-0.1, -0.05) is 20.3 Å². The second-order valence-corrected chi connectivity index (χ2v) is 8.31. The molecule has 28 heavy (non-hydrogen) atoms. The number of nitrogens with one attached hydrogen (secondary N) is 1. The maximum Gasteiger partial charge on any atom is 0.246 e. The molecule has 1 N–H and O–H groups in total. The summed E-state index contributed by atoms with van der Waals surface area (Å²) < 4.78 is 1.72. The molecule has 156 valence electrons. The lowest BCUT2D eigenvalue weighted by molar-refractivity contribution is -0.120. The monoisotopic (exact) mass is 389 g/mol. The standard InChI is InChI=1S/C20H35N7O/c1-16(2)13-25-8-6-5-7-17(25)11-22-20(21-3)26-9-10-27(19(28)15-26)18-12-23-24(4)14-18/h12,14,16-17H,5-11,13,15H2,1-4H3,(H,21,22). The molecular weight excluding hydrogens is 354 g/mol. The second-order valence-electron chi connectivity index (χ2n) is 8.31. The SMILES string of the molecule is CN=C(NCC1CCCCN1CC(C)C)N1CCN(c2cnn(C)c2)C(=O)C1. The van der Waals surface area contributed by atoms with Crippen molar-refractivity contribution in [2.24, 2.45) is 18.0 Å². The van der Waals surface area contributed by atoms with E-state index in [1.165, 1.54) is 25.8 Å². The van der Waals surface area contributed by atoms with E-state index in [1.807, 2.05) is 18.1 Å². The predicted octanol–water partition coefficient (Wildman–Crippen LogP) is 1.15. The molecule has 1 aromatic heterocycles. The molecule has 0 aliphatic carbocycles. The molecule has 2 fully saturated rings. The molecule has 1 atom stereocenters. The van der Waals surface area contributed by atoms with Gasteiger partial charge in [0, 0.05) is 52.5 Å². The highest BCUT2D eigenvalue weighted by molar-refractivity contribution is 5.98. The highest BCUT2D eigenvalue weighted by Crippen LogP contribution is 2.19. The van der Waals surface area contributed by atoms with Crippen LogP contribution in [0.25, 0.3) is 0 Å². The van der Waals surface area contributed by atoms with Crippen molar-refractivity contribution >= 4 is 17.6 Å². The molecule has 0 aromatic carbocycles. The smallest absolute Gasteiger partial charge is 0.246 e. The third-order valence-electron chi connectivity index (χ3n) is 5.58. The Morgan fingerprint density at radius 2 is 2.14 bits per heavy atom. The Bertz CT molecular complexity index is 684. The molecule has 0 spiro atoms. The van der Waals surface area contributed by atoms with Crippen molar-refractivity contribution in [3.05, 3.63) is 12.4 Å². The van der Waals surface area contributed by atoms with Crippen LogP contribution in [0.3, 0.4) is 0 Å². The Morgan fingerprint density at radius 3 is 2.79 bits per heavy atom. The van der Waals surface area contributed by atoms with Crippen molar-refractivity contribution < 1.29 is 4.79 Å². The average Bonchev–Trinajstić information content (AvgIpc) is 3.09. The number of piperazine rings is 1. The van der Waals surface area contributed by atoms with Crippen LogP contribution >= 0.6 is 0 Å². The normalized spacial score (nSPS) is 22.2. The summed E-state index contributed by atoms with van der Waals surface area (Å²) in [5.74, 6) is 1.59. The maximum absolute atomic E-state index is 12.7. The molecule has 8 nitrogen and oxygen atoms in total. The highest BCUT2D eigenvalue weighted by atomic mass is 16.2. The number of nitrogens with zero attached hydrogens (tertiary/aromatic N) is 6. The van der Waals surface area contributed by atoms with Crippen LogP contribution in [0, 0.1) is 5.92 Å². The van der Waals surface area contributed by atoms with Gasteiger partial charge in [0.1, 0.15) is 6.54 Å². The molecule has 2 saturated heterocycles. The lowest BCUT2D eigenvalue weighted by Gasteiger charge is -2.39. The van der Waals surface area contributed by atoms with E-state index >= 15 is 0 Å². The van der Waals surface area contributed by atoms with Gasteiger partial charge in [0.05, 0.1) is 11.9 Å². The van der Waals surface area contributed by atoms with Crippen LogP contribution in [0.5, 0.6) is 0 Å². The van der Waals surface area contributed by atoms with Gasteiger partial charge in [-0.05, 0) is 25.3 Å². The molecule has 2 aliphatic rings. The molecule has 0 saturated carbocycles. The van der Waals surface area contributed by atoms with Crippen molar-refractivity contribution in [3.63, 3.8) is 0 Å². The summed E-state index contributed by atoms with van der Waals surface area (Å²) in [6.07, 6.45) is 7.44. The molecule has 1 aromatic rings. The number of likely N-dealkylation sites (tertiary alicyclic amines) is 1. The number of guanidine groups is 1. The molecular formula is C20H35N7O. The molecule has 1 unspecified atom stereocenters. The van der Waals surface area contributed by atoms with Crippen LogP contribution in [0.1, 0.15) is 33.1 Å². The Hall–Kier alpha value is -2.09. The summed E-state index contributed by atoms with van der Waals surface area (Å²) in [4.78, 5) is 23.6. The number of hydrogen-bond donors (Lipinski definition) is 1. The van der Waals surface area contributed by atoms with E-state index in [0.29, 0.717) is 25.0 Å².